The summed E-state index contributed by atoms with van der Waals surface area (Å²) in [6.45, 7) is 2.31. The van der Waals surface area contributed by atoms with E-state index in [1.54, 1.807) is 22.7 Å². The number of hydrogen-bond donors (Lipinski definition) is 1. The summed E-state index contributed by atoms with van der Waals surface area (Å²) in [7, 11) is 0. The van der Waals surface area contributed by atoms with Gasteiger partial charge in [0.05, 0.1) is 10.2 Å². The van der Waals surface area contributed by atoms with Gasteiger partial charge in [0, 0.05) is 20.5 Å². The largest absolute Gasteiger partial charge is 0.313 e. The van der Waals surface area contributed by atoms with E-state index in [-0.39, 0.29) is 5.91 Å². The molecular weight excluding hydrogens is 464 g/mol. The third kappa shape index (κ3) is 3.65. The Hall–Kier alpha value is -2.02. The molecule has 0 saturated carbocycles. The molecule has 1 aliphatic rings. The molecule has 0 fully saturated rings. The minimum Gasteiger partial charge on any atom is -0.313 e. The molecule has 1 aliphatic carbocycles. The number of hydrogen-bond acceptors (Lipinski definition) is 4. The number of aromatic nitrogens is 1. The fraction of sp³-hybridized carbons (Fsp3) is 0.217. The smallest absolute Gasteiger partial charge is 0.256 e. The van der Waals surface area contributed by atoms with Crippen LogP contribution in [-0.4, -0.2) is 10.9 Å². The van der Waals surface area contributed by atoms with E-state index in [9.17, 15) is 4.79 Å². The first-order chi connectivity index (χ1) is 14.1. The Morgan fingerprint density at radius 1 is 1.14 bits per heavy atom. The van der Waals surface area contributed by atoms with Crippen molar-refractivity contribution < 1.29 is 4.79 Å². The molecule has 2 heterocycles. The molecule has 3 nitrogen and oxygen atoms in total. The fourth-order valence-electron chi connectivity index (χ4n) is 3.82. The van der Waals surface area contributed by atoms with Crippen molar-refractivity contribution in [2.24, 2.45) is 5.92 Å². The molecule has 1 unspecified atom stereocenters. The zero-order chi connectivity index (χ0) is 20.0. The van der Waals surface area contributed by atoms with Gasteiger partial charge in [-0.3, -0.25) is 4.79 Å². The Balaban J connectivity index is 1.59. The lowest BCUT2D eigenvalue weighted by Gasteiger charge is -2.18. The number of amides is 1. The van der Waals surface area contributed by atoms with Crippen LogP contribution in [0.1, 0.15) is 34.1 Å². The molecule has 146 valence electrons. The highest BCUT2D eigenvalue weighted by atomic mass is 79.9. The molecule has 2 aromatic heterocycles. The first-order valence-electron chi connectivity index (χ1n) is 9.66. The van der Waals surface area contributed by atoms with Crippen molar-refractivity contribution in [3.05, 3.63) is 69.0 Å². The molecule has 0 bridgehead atoms. The van der Waals surface area contributed by atoms with E-state index in [4.69, 9.17) is 4.98 Å². The van der Waals surface area contributed by atoms with Crippen LogP contribution in [0.4, 0.5) is 5.00 Å². The number of carbonyl (C=O) groups is 1. The van der Waals surface area contributed by atoms with E-state index in [1.807, 2.05) is 36.4 Å². The summed E-state index contributed by atoms with van der Waals surface area (Å²) in [6, 6.07) is 15.7. The maximum absolute atomic E-state index is 12.9. The monoisotopic (exact) mass is 482 g/mol. The zero-order valence-electron chi connectivity index (χ0n) is 15.9. The van der Waals surface area contributed by atoms with Crippen LogP contribution in [-0.2, 0) is 12.8 Å². The minimum absolute atomic E-state index is 0.0773. The van der Waals surface area contributed by atoms with Crippen LogP contribution in [0.2, 0.25) is 0 Å². The van der Waals surface area contributed by atoms with Crippen LogP contribution in [0.5, 0.6) is 0 Å². The number of carbonyl (C=O) groups excluding carboxylic acids is 1. The van der Waals surface area contributed by atoms with Crippen LogP contribution >= 0.6 is 38.6 Å². The zero-order valence-corrected chi connectivity index (χ0v) is 19.1. The van der Waals surface area contributed by atoms with Gasteiger partial charge in [0.2, 0.25) is 0 Å². The van der Waals surface area contributed by atoms with E-state index in [1.165, 1.54) is 21.6 Å². The molecule has 1 atom stereocenters. The van der Waals surface area contributed by atoms with Gasteiger partial charge in [-0.25, -0.2) is 4.98 Å². The SMILES string of the molecule is CC1CCc2c(sc(NC(=O)c3ccc(Br)cc3)c2-c2nc3ccccc3s2)C1. The number of rotatable bonds is 3. The fourth-order valence-corrected chi connectivity index (χ4v) is 6.60. The molecule has 0 aliphatic heterocycles. The summed E-state index contributed by atoms with van der Waals surface area (Å²) in [5.41, 5.74) is 4.17. The summed E-state index contributed by atoms with van der Waals surface area (Å²) in [4.78, 5) is 19.2. The van der Waals surface area contributed by atoms with Gasteiger partial charge in [-0.2, -0.15) is 0 Å². The van der Waals surface area contributed by atoms with Crippen molar-refractivity contribution in [2.75, 3.05) is 5.32 Å². The standard InChI is InChI=1S/C23H19BrN2OS2/c1-13-6-11-16-19(12-13)29-23(26-21(27)14-7-9-15(24)10-8-14)20(16)22-25-17-4-2-3-5-18(17)28-22/h2-5,7-10,13H,6,11-12H2,1H3,(H,26,27). The minimum atomic E-state index is -0.0773. The average Bonchev–Trinajstić information content (AvgIpc) is 3.28. The van der Waals surface area contributed by atoms with Crippen LogP contribution in [0.25, 0.3) is 20.8 Å². The van der Waals surface area contributed by atoms with Crippen molar-refractivity contribution in [2.45, 2.75) is 26.2 Å². The predicted molar refractivity (Wildman–Crippen MR) is 126 cm³/mol. The molecule has 1 N–H and O–H groups in total. The number of thiophene rings is 1. The van der Waals surface area contributed by atoms with Crippen molar-refractivity contribution in [3.63, 3.8) is 0 Å². The maximum Gasteiger partial charge on any atom is 0.256 e. The lowest BCUT2D eigenvalue weighted by Crippen LogP contribution is -2.11. The molecule has 4 aromatic rings. The Morgan fingerprint density at radius 2 is 1.93 bits per heavy atom. The van der Waals surface area contributed by atoms with Gasteiger partial charge >= 0.3 is 0 Å². The van der Waals surface area contributed by atoms with E-state index < -0.39 is 0 Å². The molecule has 0 saturated heterocycles. The van der Waals surface area contributed by atoms with E-state index in [0.29, 0.717) is 11.5 Å². The second-order valence-corrected chi connectivity index (χ2v) is 10.6. The van der Waals surface area contributed by atoms with Crippen LogP contribution in [0, 0.1) is 5.92 Å². The summed E-state index contributed by atoms with van der Waals surface area (Å²) in [5, 5.41) is 5.12. The highest BCUT2D eigenvalue weighted by molar-refractivity contribution is 9.10. The summed E-state index contributed by atoms with van der Waals surface area (Å²) < 4.78 is 2.14. The Kier molecular flexibility index (Phi) is 5.02. The van der Waals surface area contributed by atoms with Crippen molar-refractivity contribution in [3.8, 4) is 10.6 Å². The molecule has 1 amide bonds. The first kappa shape index (κ1) is 19.0. The second-order valence-electron chi connectivity index (χ2n) is 7.50. The lowest BCUT2D eigenvalue weighted by molar-refractivity contribution is 0.102. The van der Waals surface area contributed by atoms with Gasteiger partial charge in [-0.15, -0.1) is 22.7 Å². The number of benzene rings is 2. The molecule has 0 radical (unpaired) electrons. The van der Waals surface area contributed by atoms with E-state index in [2.05, 4.69) is 40.3 Å². The molecular formula is C23H19BrN2OS2. The third-order valence-electron chi connectivity index (χ3n) is 5.35. The number of nitrogens with zero attached hydrogens (tertiary/aromatic N) is 1. The predicted octanol–water partition coefficient (Wildman–Crippen LogP) is 7.16. The van der Waals surface area contributed by atoms with Crippen molar-refractivity contribution >= 4 is 59.7 Å². The number of thiazole rings is 1. The lowest BCUT2D eigenvalue weighted by atomic mass is 9.88. The number of nitrogens with one attached hydrogen (secondary N) is 1. The van der Waals surface area contributed by atoms with Gasteiger partial charge in [-0.05, 0) is 67.1 Å². The molecule has 5 rings (SSSR count). The van der Waals surface area contributed by atoms with Gasteiger partial charge in [0.25, 0.3) is 5.91 Å². The van der Waals surface area contributed by atoms with Gasteiger partial charge in [0.15, 0.2) is 0 Å². The van der Waals surface area contributed by atoms with Crippen molar-refractivity contribution in [1.29, 1.82) is 0 Å². The third-order valence-corrected chi connectivity index (χ3v) is 8.11. The Morgan fingerprint density at radius 3 is 2.72 bits per heavy atom. The average molecular weight is 483 g/mol. The first-order valence-corrected chi connectivity index (χ1v) is 12.1. The number of anilines is 1. The topological polar surface area (TPSA) is 42.0 Å². The van der Waals surface area contributed by atoms with Gasteiger partial charge in [0.1, 0.15) is 10.0 Å². The van der Waals surface area contributed by atoms with E-state index in [0.717, 1.165) is 38.4 Å². The van der Waals surface area contributed by atoms with Crippen LogP contribution in [0.15, 0.2) is 53.0 Å². The molecule has 2 aromatic carbocycles. The number of para-hydroxylation sites is 1. The van der Waals surface area contributed by atoms with Gasteiger partial charge in [-0.1, -0.05) is 35.0 Å². The Labute approximate surface area is 185 Å². The normalized spacial score (nSPS) is 16.0. The maximum atomic E-state index is 12.9. The second kappa shape index (κ2) is 7.67. The molecule has 6 heteroatoms. The number of fused-ring (bicyclic) bond motifs is 2. The highest BCUT2D eigenvalue weighted by Gasteiger charge is 2.27. The summed E-state index contributed by atoms with van der Waals surface area (Å²) in [6.07, 6.45) is 3.31. The van der Waals surface area contributed by atoms with Crippen molar-refractivity contribution in [1.82, 2.24) is 4.98 Å². The summed E-state index contributed by atoms with van der Waals surface area (Å²) >= 11 is 6.86. The van der Waals surface area contributed by atoms with E-state index >= 15 is 0 Å². The highest BCUT2D eigenvalue weighted by Crippen LogP contribution is 2.47. The van der Waals surface area contributed by atoms with Gasteiger partial charge < -0.3 is 5.32 Å². The summed E-state index contributed by atoms with van der Waals surface area (Å²) in [5.74, 6) is 0.603. The van der Waals surface area contributed by atoms with Crippen LogP contribution in [0.3, 0.4) is 0 Å². The molecule has 29 heavy (non-hydrogen) atoms. The number of halogens is 1. The van der Waals surface area contributed by atoms with Crippen LogP contribution < -0.4 is 5.32 Å². The Bertz CT molecular complexity index is 1180. The quantitative estimate of drug-likeness (QED) is 0.336. The molecule has 0 spiro atoms.